The number of halogens is 3. The summed E-state index contributed by atoms with van der Waals surface area (Å²) < 4.78 is 38.4. The number of aliphatic hydroxyl groups excluding tert-OH is 1. The number of aryl methyl sites for hydroxylation is 1. The molecule has 1 aromatic rings. The Morgan fingerprint density at radius 1 is 1.47 bits per heavy atom. The zero-order chi connectivity index (χ0) is 11.6. The topological polar surface area (TPSA) is 42.2 Å². The van der Waals surface area contributed by atoms with Crippen molar-refractivity contribution in [1.29, 1.82) is 0 Å². The van der Waals surface area contributed by atoms with Crippen LogP contribution in [0.25, 0.3) is 0 Å². The van der Waals surface area contributed by atoms with Crippen LogP contribution in [-0.4, -0.2) is 16.3 Å². The molecule has 0 amide bonds. The number of aromatic nitrogens is 1. The van der Waals surface area contributed by atoms with Crippen LogP contribution in [0.1, 0.15) is 11.1 Å². The molecular formula is C9H10F3NO2. The predicted molar refractivity (Wildman–Crippen MR) is 47.5 cm³/mol. The van der Waals surface area contributed by atoms with Crippen molar-refractivity contribution in [3.8, 4) is 0 Å². The van der Waals surface area contributed by atoms with E-state index in [9.17, 15) is 18.0 Å². The van der Waals surface area contributed by atoms with Crippen molar-refractivity contribution in [3.63, 3.8) is 0 Å². The fraction of sp³-hybridized carbons (Fsp3) is 0.444. The summed E-state index contributed by atoms with van der Waals surface area (Å²) in [5.74, 6) is 0. The molecule has 0 aliphatic rings. The van der Waals surface area contributed by atoms with Gasteiger partial charge < -0.3 is 9.67 Å². The quantitative estimate of drug-likeness (QED) is 0.807. The number of aliphatic hydroxyl groups is 1. The Labute approximate surface area is 83.8 Å². The van der Waals surface area contributed by atoms with Gasteiger partial charge in [-0.25, -0.2) is 0 Å². The minimum absolute atomic E-state index is 0.0768. The van der Waals surface area contributed by atoms with Crippen LogP contribution >= 0.6 is 0 Å². The molecule has 0 bridgehead atoms. The molecule has 1 heterocycles. The molecule has 0 unspecified atom stereocenters. The number of hydrogen-bond acceptors (Lipinski definition) is 2. The summed E-state index contributed by atoms with van der Waals surface area (Å²) in [6, 6.07) is 0.547. The minimum atomic E-state index is -4.56. The Hall–Kier alpha value is -1.30. The summed E-state index contributed by atoms with van der Waals surface area (Å²) >= 11 is 0. The first-order chi connectivity index (χ1) is 6.86. The van der Waals surface area contributed by atoms with Crippen molar-refractivity contribution in [2.75, 3.05) is 6.61 Å². The Balaban J connectivity index is 3.35. The van der Waals surface area contributed by atoms with Crippen molar-refractivity contribution in [2.24, 2.45) is 7.05 Å². The molecule has 0 aromatic carbocycles. The molecule has 6 heteroatoms. The molecule has 0 aliphatic heterocycles. The van der Waals surface area contributed by atoms with Crippen molar-refractivity contribution in [1.82, 2.24) is 4.57 Å². The Kier molecular flexibility index (Phi) is 3.18. The zero-order valence-electron chi connectivity index (χ0n) is 8.01. The third kappa shape index (κ3) is 2.59. The maximum absolute atomic E-state index is 12.5. The van der Waals surface area contributed by atoms with Crippen LogP contribution in [0, 0.1) is 0 Å². The SMILES string of the molecule is Cn1cc(CCO)c(C(F)(F)F)cc1=O. The lowest BCUT2D eigenvalue weighted by molar-refractivity contribution is -0.138. The molecule has 15 heavy (non-hydrogen) atoms. The largest absolute Gasteiger partial charge is 0.416 e. The fourth-order valence-corrected chi connectivity index (χ4v) is 1.27. The van der Waals surface area contributed by atoms with E-state index in [1.807, 2.05) is 0 Å². The van der Waals surface area contributed by atoms with Crippen LogP contribution in [-0.2, 0) is 19.6 Å². The molecule has 1 aromatic heterocycles. The number of nitrogens with zero attached hydrogens (tertiary/aromatic N) is 1. The van der Waals surface area contributed by atoms with E-state index in [0.29, 0.717) is 6.07 Å². The van der Waals surface area contributed by atoms with Crippen LogP contribution in [0.3, 0.4) is 0 Å². The average Bonchev–Trinajstić information content (AvgIpc) is 2.09. The average molecular weight is 221 g/mol. The minimum Gasteiger partial charge on any atom is -0.396 e. The lowest BCUT2D eigenvalue weighted by Gasteiger charge is -2.12. The summed E-state index contributed by atoms with van der Waals surface area (Å²) in [5, 5.41) is 8.62. The van der Waals surface area contributed by atoms with Crippen LogP contribution in [0.2, 0.25) is 0 Å². The van der Waals surface area contributed by atoms with Crippen LogP contribution in [0.4, 0.5) is 13.2 Å². The van der Waals surface area contributed by atoms with Gasteiger partial charge in [0.05, 0.1) is 5.56 Å². The van der Waals surface area contributed by atoms with E-state index in [2.05, 4.69) is 0 Å². The monoisotopic (exact) mass is 221 g/mol. The standard InChI is InChI=1S/C9H10F3NO2/c1-13-5-6(2-3-14)7(4-8(13)15)9(10,11)12/h4-5,14H,2-3H2,1H3. The molecule has 84 valence electrons. The van der Waals surface area contributed by atoms with Crippen LogP contribution in [0.5, 0.6) is 0 Å². The van der Waals surface area contributed by atoms with Crippen LogP contribution in [0.15, 0.2) is 17.1 Å². The van der Waals surface area contributed by atoms with Gasteiger partial charge in [-0.2, -0.15) is 13.2 Å². The summed E-state index contributed by atoms with van der Waals surface area (Å²) in [6.07, 6.45) is -3.58. The smallest absolute Gasteiger partial charge is 0.396 e. The second-order valence-electron chi connectivity index (χ2n) is 3.13. The van der Waals surface area contributed by atoms with Gasteiger partial charge in [0, 0.05) is 25.9 Å². The lowest BCUT2D eigenvalue weighted by atomic mass is 10.1. The van der Waals surface area contributed by atoms with Crippen molar-refractivity contribution in [2.45, 2.75) is 12.6 Å². The van der Waals surface area contributed by atoms with E-state index >= 15 is 0 Å². The fourth-order valence-electron chi connectivity index (χ4n) is 1.27. The summed E-state index contributed by atoms with van der Waals surface area (Å²) in [7, 11) is 1.36. The number of hydrogen-bond donors (Lipinski definition) is 1. The highest BCUT2D eigenvalue weighted by Gasteiger charge is 2.33. The lowest BCUT2D eigenvalue weighted by Crippen LogP contribution is -2.22. The Morgan fingerprint density at radius 3 is 2.53 bits per heavy atom. The number of alkyl halides is 3. The Bertz CT molecular complexity index is 409. The first-order valence-corrected chi connectivity index (χ1v) is 4.24. The van der Waals surface area contributed by atoms with Gasteiger partial charge >= 0.3 is 6.18 Å². The maximum Gasteiger partial charge on any atom is 0.416 e. The predicted octanol–water partition coefficient (Wildman–Crippen LogP) is 0.939. The highest BCUT2D eigenvalue weighted by molar-refractivity contribution is 5.27. The summed E-state index contributed by atoms with van der Waals surface area (Å²) in [5.41, 5.74) is -1.77. The molecule has 0 radical (unpaired) electrons. The molecule has 0 saturated carbocycles. The molecule has 0 spiro atoms. The maximum atomic E-state index is 12.5. The third-order valence-electron chi connectivity index (χ3n) is 2.00. The Morgan fingerprint density at radius 2 is 2.07 bits per heavy atom. The summed E-state index contributed by atoms with van der Waals surface area (Å²) in [6.45, 7) is -0.388. The molecule has 3 nitrogen and oxygen atoms in total. The van der Waals surface area contributed by atoms with E-state index in [0.717, 1.165) is 10.8 Å². The first-order valence-electron chi connectivity index (χ1n) is 4.24. The van der Waals surface area contributed by atoms with E-state index in [1.165, 1.54) is 7.05 Å². The van der Waals surface area contributed by atoms with Crippen LogP contribution < -0.4 is 5.56 Å². The van der Waals surface area contributed by atoms with Gasteiger partial charge in [-0.3, -0.25) is 4.79 Å². The molecule has 0 fully saturated rings. The molecule has 1 rings (SSSR count). The van der Waals surface area contributed by atoms with Gasteiger partial charge in [-0.05, 0) is 12.0 Å². The van der Waals surface area contributed by atoms with E-state index in [-0.39, 0.29) is 18.6 Å². The third-order valence-corrected chi connectivity index (χ3v) is 2.00. The van der Waals surface area contributed by atoms with Gasteiger partial charge in [0.1, 0.15) is 0 Å². The second-order valence-corrected chi connectivity index (χ2v) is 3.13. The summed E-state index contributed by atoms with van der Waals surface area (Å²) in [4.78, 5) is 11.0. The van der Waals surface area contributed by atoms with Gasteiger partial charge in [0.15, 0.2) is 0 Å². The van der Waals surface area contributed by atoms with E-state index in [1.54, 1.807) is 0 Å². The highest BCUT2D eigenvalue weighted by Crippen LogP contribution is 2.30. The van der Waals surface area contributed by atoms with Crippen molar-refractivity contribution in [3.05, 3.63) is 33.7 Å². The van der Waals surface area contributed by atoms with E-state index in [4.69, 9.17) is 5.11 Å². The van der Waals surface area contributed by atoms with Crippen molar-refractivity contribution >= 4 is 0 Å². The highest BCUT2D eigenvalue weighted by atomic mass is 19.4. The number of rotatable bonds is 2. The molecule has 0 aliphatic carbocycles. The molecular weight excluding hydrogens is 211 g/mol. The zero-order valence-corrected chi connectivity index (χ0v) is 8.01. The normalized spacial score (nSPS) is 11.8. The molecule has 0 atom stereocenters. The number of pyridine rings is 1. The van der Waals surface area contributed by atoms with Gasteiger partial charge in [-0.15, -0.1) is 0 Å². The van der Waals surface area contributed by atoms with Gasteiger partial charge in [0.25, 0.3) is 5.56 Å². The second kappa shape index (κ2) is 4.06. The molecule has 1 N–H and O–H groups in total. The van der Waals surface area contributed by atoms with Gasteiger partial charge in [-0.1, -0.05) is 0 Å². The van der Waals surface area contributed by atoms with Crippen molar-refractivity contribution < 1.29 is 18.3 Å². The first kappa shape index (κ1) is 11.8. The molecule has 0 saturated heterocycles. The van der Waals surface area contributed by atoms with E-state index < -0.39 is 17.3 Å². The van der Waals surface area contributed by atoms with Gasteiger partial charge in [0.2, 0.25) is 0 Å².